The summed E-state index contributed by atoms with van der Waals surface area (Å²) >= 11 is 5.83. The largest absolute Gasteiger partial charge is 0.506 e. The summed E-state index contributed by atoms with van der Waals surface area (Å²) in [4.78, 5) is 40.2. The van der Waals surface area contributed by atoms with Crippen LogP contribution in [0.15, 0.2) is 18.2 Å². The zero-order chi connectivity index (χ0) is 20.3. The molecule has 4 aliphatic rings. The van der Waals surface area contributed by atoms with Crippen molar-refractivity contribution >= 4 is 35.0 Å². The van der Waals surface area contributed by atoms with Gasteiger partial charge in [0, 0.05) is 23.0 Å². The first-order valence-corrected chi connectivity index (χ1v) is 11.0. The number of fused-ring (bicyclic) bond motifs is 5. The molecule has 4 atom stereocenters. The van der Waals surface area contributed by atoms with E-state index in [0.29, 0.717) is 48.2 Å². The molecule has 3 amide bonds. The molecule has 29 heavy (non-hydrogen) atoms. The Morgan fingerprint density at radius 2 is 1.62 bits per heavy atom. The van der Waals surface area contributed by atoms with Crippen LogP contribution in [0.25, 0.3) is 0 Å². The van der Waals surface area contributed by atoms with Crippen molar-refractivity contribution < 1.29 is 19.5 Å². The highest BCUT2D eigenvalue weighted by molar-refractivity contribution is 6.30. The van der Waals surface area contributed by atoms with Crippen molar-refractivity contribution in [1.29, 1.82) is 0 Å². The Bertz CT molecular complexity index is 852. The van der Waals surface area contributed by atoms with E-state index >= 15 is 0 Å². The van der Waals surface area contributed by atoms with Crippen LogP contribution in [0, 0.1) is 29.6 Å². The first-order valence-electron chi connectivity index (χ1n) is 10.6. The first-order chi connectivity index (χ1) is 13.9. The van der Waals surface area contributed by atoms with Gasteiger partial charge in [-0.15, -0.1) is 0 Å². The Balaban J connectivity index is 1.21. The van der Waals surface area contributed by atoms with Gasteiger partial charge in [0.2, 0.25) is 17.7 Å². The second-order valence-electron chi connectivity index (χ2n) is 9.09. The molecular formula is C22H25ClN2O4. The van der Waals surface area contributed by atoms with Gasteiger partial charge in [0.15, 0.2) is 0 Å². The minimum atomic E-state index is -0.190. The molecule has 2 bridgehead atoms. The summed E-state index contributed by atoms with van der Waals surface area (Å²) in [5, 5.41) is 13.1. The van der Waals surface area contributed by atoms with Crippen molar-refractivity contribution in [3.05, 3.63) is 23.2 Å². The topological polar surface area (TPSA) is 86.7 Å². The third-order valence-electron chi connectivity index (χ3n) is 7.61. The van der Waals surface area contributed by atoms with E-state index in [0.717, 1.165) is 19.3 Å². The van der Waals surface area contributed by atoms with E-state index in [1.54, 1.807) is 17.0 Å². The number of benzene rings is 1. The monoisotopic (exact) mass is 416 g/mol. The number of phenols is 1. The second-order valence-corrected chi connectivity index (χ2v) is 9.52. The second kappa shape index (κ2) is 7.01. The number of rotatable bonds is 3. The van der Waals surface area contributed by atoms with Crippen LogP contribution in [-0.4, -0.2) is 33.8 Å². The van der Waals surface area contributed by atoms with E-state index in [1.165, 1.54) is 6.07 Å². The number of carbonyl (C=O) groups excluding carboxylic acids is 3. The Morgan fingerprint density at radius 3 is 2.21 bits per heavy atom. The van der Waals surface area contributed by atoms with Gasteiger partial charge in [-0.3, -0.25) is 19.3 Å². The smallest absolute Gasteiger partial charge is 0.233 e. The van der Waals surface area contributed by atoms with Crippen molar-refractivity contribution in [3.8, 4) is 5.75 Å². The molecule has 1 saturated heterocycles. The third kappa shape index (κ3) is 3.03. The van der Waals surface area contributed by atoms with Crippen LogP contribution in [0.2, 0.25) is 5.02 Å². The number of hydrogen-bond donors (Lipinski definition) is 2. The fraction of sp³-hybridized carbons (Fsp3) is 0.591. The van der Waals surface area contributed by atoms with E-state index in [4.69, 9.17) is 11.6 Å². The number of anilines is 1. The van der Waals surface area contributed by atoms with Crippen LogP contribution in [0.5, 0.6) is 5.75 Å². The summed E-state index contributed by atoms with van der Waals surface area (Å²) < 4.78 is 0. The quantitative estimate of drug-likeness (QED) is 0.582. The average Bonchev–Trinajstić information content (AvgIpc) is 3.38. The Hall–Kier alpha value is -2.08. The number of nitrogens with zero attached hydrogens (tertiary/aromatic N) is 1. The molecule has 1 aromatic rings. The van der Waals surface area contributed by atoms with E-state index in [2.05, 4.69) is 5.32 Å². The number of halogens is 1. The summed E-state index contributed by atoms with van der Waals surface area (Å²) in [6.07, 6.45) is 5.81. The number of carbonyl (C=O) groups is 3. The summed E-state index contributed by atoms with van der Waals surface area (Å²) in [6.45, 7) is 0. The molecule has 154 valence electrons. The van der Waals surface area contributed by atoms with E-state index in [1.807, 2.05) is 0 Å². The number of hydrogen-bond acceptors (Lipinski definition) is 4. The van der Waals surface area contributed by atoms with Crippen molar-refractivity contribution in [2.75, 3.05) is 5.32 Å². The first kappa shape index (κ1) is 18.9. The van der Waals surface area contributed by atoms with Crippen LogP contribution in [0.1, 0.15) is 44.9 Å². The van der Waals surface area contributed by atoms with Gasteiger partial charge in [0.05, 0.1) is 17.5 Å². The molecule has 1 heterocycles. The summed E-state index contributed by atoms with van der Waals surface area (Å²) in [6, 6.07) is 4.51. The molecule has 1 aliphatic heterocycles. The van der Waals surface area contributed by atoms with Gasteiger partial charge in [-0.05, 0) is 68.9 Å². The number of nitrogens with one attached hydrogen (secondary N) is 1. The predicted molar refractivity (Wildman–Crippen MR) is 107 cm³/mol. The van der Waals surface area contributed by atoms with Crippen LogP contribution in [-0.2, 0) is 14.4 Å². The Labute approximate surface area is 174 Å². The molecule has 4 fully saturated rings. The van der Waals surface area contributed by atoms with Crippen LogP contribution >= 0.6 is 11.6 Å². The molecule has 5 rings (SSSR count). The predicted octanol–water partition coefficient (Wildman–Crippen LogP) is 3.57. The number of aromatic hydroxyl groups is 1. The molecule has 0 radical (unpaired) electrons. The van der Waals surface area contributed by atoms with Gasteiger partial charge < -0.3 is 10.4 Å². The lowest BCUT2D eigenvalue weighted by molar-refractivity contribution is -0.144. The molecule has 3 saturated carbocycles. The maximum atomic E-state index is 13.0. The Morgan fingerprint density at radius 1 is 1.00 bits per heavy atom. The maximum Gasteiger partial charge on any atom is 0.233 e. The fourth-order valence-electron chi connectivity index (χ4n) is 6.23. The van der Waals surface area contributed by atoms with Crippen molar-refractivity contribution in [2.45, 2.75) is 51.0 Å². The highest BCUT2D eigenvalue weighted by atomic mass is 35.5. The maximum absolute atomic E-state index is 13.0. The molecule has 7 heteroatoms. The minimum Gasteiger partial charge on any atom is -0.506 e. The average molecular weight is 417 g/mol. The van der Waals surface area contributed by atoms with Crippen LogP contribution in [0.4, 0.5) is 5.69 Å². The van der Waals surface area contributed by atoms with Crippen molar-refractivity contribution in [2.24, 2.45) is 29.6 Å². The van der Waals surface area contributed by atoms with Crippen molar-refractivity contribution in [3.63, 3.8) is 0 Å². The van der Waals surface area contributed by atoms with E-state index in [-0.39, 0.29) is 47.3 Å². The summed E-state index contributed by atoms with van der Waals surface area (Å²) in [5.74, 6) is 0.359. The lowest BCUT2D eigenvalue weighted by Gasteiger charge is -2.33. The zero-order valence-corrected chi connectivity index (χ0v) is 16.9. The van der Waals surface area contributed by atoms with Gasteiger partial charge in [-0.25, -0.2) is 0 Å². The minimum absolute atomic E-state index is 0.0474. The molecule has 0 unspecified atom stereocenters. The van der Waals surface area contributed by atoms with Gasteiger partial charge in [-0.1, -0.05) is 11.6 Å². The zero-order valence-electron chi connectivity index (χ0n) is 16.1. The van der Waals surface area contributed by atoms with Gasteiger partial charge in [0.25, 0.3) is 0 Å². The van der Waals surface area contributed by atoms with E-state index in [9.17, 15) is 19.5 Å². The van der Waals surface area contributed by atoms with Crippen LogP contribution in [0.3, 0.4) is 0 Å². The number of likely N-dealkylation sites (tertiary alicyclic amines) is 1. The molecule has 0 spiro atoms. The van der Waals surface area contributed by atoms with Crippen LogP contribution < -0.4 is 5.32 Å². The highest BCUT2D eigenvalue weighted by Gasteiger charge is 2.61. The summed E-state index contributed by atoms with van der Waals surface area (Å²) in [7, 11) is 0. The molecule has 6 nitrogen and oxygen atoms in total. The number of phenolic OH excluding ortho intramolecular Hbond substituents is 1. The SMILES string of the molecule is O=C(Nc1ccc(Cl)cc1O)C1CCC(N2C(=O)[C@H]3[C@@H]4CC[C@H](C4)[C@@H]3C2=O)CC1. The van der Waals surface area contributed by atoms with Crippen molar-refractivity contribution in [1.82, 2.24) is 4.90 Å². The third-order valence-corrected chi connectivity index (χ3v) is 7.85. The van der Waals surface area contributed by atoms with Gasteiger partial charge >= 0.3 is 0 Å². The molecule has 0 aromatic heterocycles. The molecular weight excluding hydrogens is 392 g/mol. The highest BCUT2D eigenvalue weighted by Crippen LogP contribution is 2.56. The fourth-order valence-corrected chi connectivity index (χ4v) is 6.40. The number of imide groups is 1. The molecule has 2 N–H and O–H groups in total. The van der Waals surface area contributed by atoms with E-state index < -0.39 is 0 Å². The number of amides is 3. The normalized spacial score (nSPS) is 35.8. The molecule has 1 aromatic carbocycles. The lowest BCUT2D eigenvalue weighted by atomic mass is 9.81. The molecule has 3 aliphatic carbocycles. The van der Waals surface area contributed by atoms with Gasteiger partial charge in [-0.2, -0.15) is 0 Å². The standard InChI is InChI=1S/C22H25ClN2O4/c23-14-5-8-16(17(26)10-14)24-20(27)11-3-6-15(7-4-11)25-21(28)18-12-1-2-13(9-12)19(18)22(25)29/h5,8,10-13,15,18-19,26H,1-4,6-7,9H2,(H,24,27)/t11?,12-,13-,15?,18+,19+/m1/s1. The Kier molecular flexibility index (Phi) is 4.57. The van der Waals surface area contributed by atoms with Gasteiger partial charge in [0.1, 0.15) is 5.75 Å². The summed E-state index contributed by atoms with van der Waals surface area (Å²) in [5.41, 5.74) is 0.342. The lowest BCUT2D eigenvalue weighted by Crippen LogP contribution is -2.44.